The molecule has 126 valence electrons. The Hall–Kier alpha value is -1.65. The van der Waals surface area contributed by atoms with E-state index in [4.69, 9.17) is 0 Å². The summed E-state index contributed by atoms with van der Waals surface area (Å²) in [7, 11) is 0. The molecule has 4 rings (SSSR count). The van der Waals surface area contributed by atoms with Crippen molar-refractivity contribution in [1.29, 1.82) is 0 Å². The number of benzene rings is 1. The first kappa shape index (κ1) is 15.9. The first-order valence-corrected chi connectivity index (χ1v) is 9.89. The summed E-state index contributed by atoms with van der Waals surface area (Å²) in [5, 5.41) is 2.15. The van der Waals surface area contributed by atoms with Gasteiger partial charge in [-0.25, -0.2) is 0 Å². The largest absolute Gasteiger partial charge is 0.338 e. The molecule has 1 aromatic carbocycles. The Kier molecular flexibility index (Phi) is 4.67. The van der Waals surface area contributed by atoms with E-state index in [1.54, 1.807) is 4.90 Å². The standard InChI is InChI=1S/C20H24N2OS/c23-20(22-11-9-16-5-1-2-6-17(16)14-22)18-7-3-10-21(13-18)15-19-8-4-12-24-19/h1-2,4-6,8,12,18H,3,7,9-11,13-15H2/p+1/t18-/m1/s1. The molecule has 0 bridgehead atoms. The van der Waals surface area contributed by atoms with Crippen LogP contribution in [0.3, 0.4) is 0 Å². The molecule has 3 heterocycles. The second kappa shape index (κ2) is 7.08. The number of thiophene rings is 1. The zero-order valence-electron chi connectivity index (χ0n) is 14.0. The number of hydrogen-bond acceptors (Lipinski definition) is 2. The van der Waals surface area contributed by atoms with Crippen molar-refractivity contribution in [3.8, 4) is 0 Å². The molecule has 1 aromatic heterocycles. The van der Waals surface area contributed by atoms with E-state index in [-0.39, 0.29) is 5.92 Å². The van der Waals surface area contributed by atoms with Crippen LogP contribution in [0.5, 0.6) is 0 Å². The van der Waals surface area contributed by atoms with Crippen LogP contribution < -0.4 is 4.90 Å². The Morgan fingerprint density at radius 1 is 1.21 bits per heavy atom. The second-order valence-electron chi connectivity index (χ2n) is 7.08. The van der Waals surface area contributed by atoms with Crippen molar-refractivity contribution in [3.63, 3.8) is 0 Å². The summed E-state index contributed by atoms with van der Waals surface area (Å²) in [5.74, 6) is 0.590. The van der Waals surface area contributed by atoms with Gasteiger partial charge in [0.15, 0.2) is 0 Å². The van der Waals surface area contributed by atoms with Gasteiger partial charge < -0.3 is 9.80 Å². The maximum atomic E-state index is 13.0. The predicted octanol–water partition coefficient (Wildman–Crippen LogP) is 2.13. The first-order chi connectivity index (χ1) is 11.8. The van der Waals surface area contributed by atoms with Gasteiger partial charge in [0.05, 0.1) is 23.9 Å². The molecule has 1 unspecified atom stereocenters. The van der Waals surface area contributed by atoms with E-state index < -0.39 is 0 Å². The molecule has 2 aromatic rings. The molecule has 0 saturated carbocycles. The van der Waals surface area contributed by atoms with Gasteiger partial charge in [0.2, 0.25) is 5.91 Å². The SMILES string of the molecule is O=C([C@@H]1CCC[NH+](Cc2cccs2)C1)N1CCc2ccccc2C1. The van der Waals surface area contributed by atoms with Crippen LogP contribution in [-0.4, -0.2) is 30.4 Å². The molecule has 0 aliphatic carbocycles. The first-order valence-electron chi connectivity index (χ1n) is 9.01. The third-order valence-electron chi connectivity index (χ3n) is 5.41. The van der Waals surface area contributed by atoms with Gasteiger partial charge >= 0.3 is 0 Å². The average molecular weight is 342 g/mol. The summed E-state index contributed by atoms with van der Waals surface area (Å²) >= 11 is 1.83. The van der Waals surface area contributed by atoms with Gasteiger partial charge in [-0.1, -0.05) is 30.3 Å². The summed E-state index contributed by atoms with van der Waals surface area (Å²) in [4.78, 5) is 18.1. The molecule has 2 atom stereocenters. The summed E-state index contributed by atoms with van der Waals surface area (Å²) in [6, 6.07) is 12.9. The van der Waals surface area contributed by atoms with Crippen molar-refractivity contribution in [2.24, 2.45) is 5.92 Å². The topological polar surface area (TPSA) is 24.8 Å². The number of nitrogens with zero attached hydrogens (tertiary/aromatic N) is 1. The third kappa shape index (κ3) is 3.40. The fourth-order valence-corrected chi connectivity index (χ4v) is 4.90. The molecular formula is C20H25N2OS+. The minimum absolute atomic E-state index is 0.207. The lowest BCUT2D eigenvalue weighted by molar-refractivity contribution is -0.920. The molecule has 3 nitrogen and oxygen atoms in total. The van der Waals surface area contributed by atoms with Gasteiger partial charge in [-0.2, -0.15) is 0 Å². The lowest BCUT2D eigenvalue weighted by Gasteiger charge is -2.35. The highest BCUT2D eigenvalue weighted by molar-refractivity contribution is 7.09. The highest BCUT2D eigenvalue weighted by atomic mass is 32.1. The molecule has 4 heteroatoms. The lowest BCUT2D eigenvalue weighted by atomic mass is 9.94. The maximum absolute atomic E-state index is 13.0. The summed E-state index contributed by atoms with van der Waals surface area (Å²) in [6.45, 7) is 4.95. The van der Waals surface area contributed by atoms with Crippen molar-refractivity contribution < 1.29 is 9.69 Å². The van der Waals surface area contributed by atoms with Crippen molar-refractivity contribution in [2.75, 3.05) is 19.6 Å². The van der Waals surface area contributed by atoms with Crippen LogP contribution in [0, 0.1) is 5.92 Å². The molecule has 1 fully saturated rings. The number of nitrogens with one attached hydrogen (secondary N) is 1. The molecule has 2 aliphatic rings. The number of rotatable bonds is 3. The van der Waals surface area contributed by atoms with Crippen molar-refractivity contribution in [1.82, 2.24) is 4.90 Å². The number of piperidine rings is 1. The van der Waals surface area contributed by atoms with E-state index in [0.29, 0.717) is 5.91 Å². The summed E-state index contributed by atoms with van der Waals surface area (Å²) in [5.41, 5.74) is 2.74. The number of likely N-dealkylation sites (tertiary alicyclic amines) is 1. The van der Waals surface area contributed by atoms with Crippen LogP contribution in [0.25, 0.3) is 0 Å². The fraction of sp³-hybridized carbons (Fsp3) is 0.450. The zero-order chi connectivity index (χ0) is 16.4. The third-order valence-corrected chi connectivity index (χ3v) is 6.29. The van der Waals surface area contributed by atoms with Crippen LogP contribution in [-0.2, 0) is 24.3 Å². The number of fused-ring (bicyclic) bond motifs is 1. The zero-order valence-corrected chi connectivity index (χ0v) is 14.9. The van der Waals surface area contributed by atoms with Gasteiger partial charge in [-0.15, -0.1) is 11.3 Å². The molecule has 1 N–H and O–H groups in total. The van der Waals surface area contributed by atoms with Crippen molar-refractivity contribution in [3.05, 3.63) is 57.8 Å². The van der Waals surface area contributed by atoms with Gasteiger partial charge in [-0.05, 0) is 41.8 Å². The van der Waals surface area contributed by atoms with Gasteiger partial charge in [0, 0.05) is 13.1 Å². The number of carbonyl (C=O) groups is 1. The molecule has 1 saturated heterocycles. The van der Waals surface area contributed by atoms with E-state index in [1.165, 1.54) is 29.0 Å². The quantitative estimate of drug-likeness (QED) is 0.909. The average Bonchev–Trinajstić information content (AvgIpc) is 3.14. The maximum Gasteiger partial charge on any atom is 0.231 e. The van der Waals surface area contributed by atoms with E-state index in [1.807, 2.05) is 11.3 Å². The van der Waals surface area contributed by atoms with E-state index in [2.05, 4.69) is 46.7 Å². The van der Waals surface area contributed by atoms with Crippen LogP contribution >= 0.6 is 11.3 Å². The van der Waals surface area contributed by atoms with Gasteiger partial charge in [0.25, 0.3) is 0 Å². The second-order valence-corrected chi connectivity index (χ2v) is 8.11. The number of carbonyl (C=O) groups excluding carboxylic acids is 1. The van der Waals surface area contributed by atoms with Crippen LogP contribution in [0.15, 0.2) is 41.8 Å². The molecule has 24 heavy (non-hydrogen) atoms. The van der Waals surface area contributed by atoms with Gasteiger partial charge in [0.1, 0.15) is 6.54 Å². The molecular weight excluding hydrogens is 316 g/mol. The highest BCUT2D eigenvalue weighted by Crippen LogP contribution is 2.21. The predicted molar refractivity (Wildman–Crippen MR) is 97.0 cm³/mol. The molecule has 2 aliphatic heterocycles. The molecule has 0 spiro atoms. The fourth-order valence-electron chi connectivity index (χ4n) is 4.12. The molecule has 0 radical (unpaired) electrons. The van der Waals surface area contributed by atoms with Crippen LogP contribution in [0.4, 0.5) is 0 Å². The van der Waals surface area contributed by atoms with E-state index in [9.17, 15) is 4.79 Å². The normalized spacial score (nSPS) is 23.8. The minimum atomic E-state index is 0.207. The highest BCUT2D eigenvalue weighted by Gasteiger charge is 2.33. The summed E-state index contributed by atoms with van der Waals surface area (Å²) < 4.78 is 0. The van der Waals surface area contributed by atoms with E-state index in [0.717, 1.165) is 39.0 Å². The number of quaternary nitrogens is 1. The van der Waals surface area contributed by atoms with E-state index >= 15 is 0 Å². The lowest BCUT2D eigenvalue weighted by Crippen LogP contribution is -3.12. The van der Waals surface area contributed by atoms with Crippen molar-refractivity contribution >= 4 is 17.2 Å². The van der Waals surface area contributed by atoms with Crippen molar-refractivity contribution in [2.45, 2.75) is 32.4 Å². The Labute approximate surface area is 147 Å². The number of amides is 1. The summed E-state index contributed by atoms with van der Waals surface area (Å²) in [6.07, 6.45) is 3.23. The Bertz CT molecular complexity index is 697. The molecule has 1 amide bonds. The van der Waals surface area contributed by atoms with Gasteiger partial charge in [-0.3, -0.25) is 4.79 Å². The minimum Gasteiger partial charge on any atom is -0.338 e. The monoisotopic (exact) mass is 341 g/mol. The Morgan fingerprint density at radius 3 is 2.92 bits per heavy atom. The van der Waals surface area contributed by atoms with Crippen LogP contribution in [0.1, 0.15) is 28.8 Å². The Balaban J connectivity index is 1.39. The number of hydrogen-bond donors (Lipinski definition) is 1. The smallest absolute Gasteiger partial charge is 0.231 e. The Morgan fingerprint density at radius 2 is 2.08 bits per heavy atom. The van der Waals surface area contributed by atoms with Crippen LogP contribution in [0.2, 0.25) is 0 Å².